The Balaban J connectivity index is 1.48. The Bertz CT molecular complexity index is 776. The quantitative estimate of drug-likeness (QED) is 0.798. The molecule has 0 aliphatic carbocycles. The normalized spacial score (nSPS) is 31.1. The van der Waals surface area contributed by atoms with E-state index in [0.717, 1.165) is 36.3 Å². The van der Waals surface area contributed by atoms with Gasteiger partial charge in [-0.15, -0.1) is 0 Å². The first-order valence-corrected chi connectivity index (χ1v) is 8.20. The fourth-order valence-corrected chi connectivity index (χ4v) is 4.43. The maximum Gasteiger partial charge on any atom is 0.217 e. The molecule has 0 N–H and O–H groups in total. The van der Waals surface area contributed by atoms with E-state index in [4.69, 9.17) is 9.15 Å². The van der Waals surface area contributed by atoms with Gasteiger partial charge in [-0.2, -0.15) is 0 Å². The smallest absolute Gasteiger partial charge is 0.217 e. The van der Waals surface area contributed by atoms with Gasteiger partial charge in [0.25, 0.3) is 0 Å². The van der Waals surface area contributed by atoms with Gasteiger partial charge in [-0.05, 0) is 38.1 Å². The van der Waals surface area contributed by atoms with E-state index in [-0.39, 0.29) is 5.60 Å². The number of rotatable bonds is 2. The monoisotopic (exact) mass is 310 g/mol. The van der Waals surface area contributed by atoms with Crippen molar-refractivity contribution < 1.29 is 13.9 Å². The second-order valence-electron chi connectivity index (χ2n) is 6.94. The molecular formula is C18H18N2O3. The molecule has 0 amide bonds. The van der Waals surface area contributed by atoms with Crippen LogP contribution in [0, 0.1) is 5.92 Å². The van der Waals surface area contributed by atoms with Crippen molar-refractivity contribution in [3.63, 3.8) is 0 Å². The molecule has 5 nitrogen and oxygen atoms in total. The predicted octanol–water partition coefficient (Wildman–Crippen LogP) is 2.55. The van der Waals surface area contributed by atoms with Gasteiger partial charge in [0.1, 0.15) is 5.60 Å². The summed E-state index contributed by atoms with van der Waals surface area (Å²) >= 11 is 0. The Morgan fingerprint density at radius 2 is 2.13 bits per heavy atom. The van der Waals surface area contributed by atoms with Crippen LogP contribution in [0.2, 0.25) is 0 Å². The molecule has 0 saturated carbocycles. The second kappa shape index (κ2) is 4.68. The molecule has 6 rings (SSSR count). The lowest BCUT2D eigenvalue weighted by atomic mass is 9.73. The summed E-state index contributed by atoms with van der Waals surface area (Å²) in [6.07, 6.45) is 7.51. The van der Waals surface area contributed by atoms with Crippen LogP contribution in [0.3, 0.4) is 0 Å². The van der Waals surface area contributed by atoms with Crippen molar-refractivity contribution in [2.75, 3.05) is 19.6 Å². The van der Waals surface area contributed by atoms with Gasteiger partial charge in [-0.1, -0.05) is 0 Å². The Hall–Kier alpha value is -2.14. The fraction of sp³-hybridized carbons (Fsp3) is 0.444. The van der Waals surface area contributed by atoms with Crippen LogP contribution in [-0.4, -0.2) is 41.4 Å². The third kappa shape index (κ3) is 1.96. The number of hydrogen-bond acceptors (Lipinski definition) is 5. The summed E-state index contributed by atoms with van der Waals surface area (Å²) in [5, 5.41) is 0. The summed E-state index contributed by atoms with van der Waals surface area (Å²) in [6.45, 7) is 3.42. The minimum Gasteiger partial charge on any atom is -0.469 e. The lowest BCUT2D eigenvalue weighted by molar-refractivity contribution is -0.0814. The first-order valence-electron chi connectivity index (χ1n) is 8.20. The average Bonchev–Trinajstić information content (AvgIpc) is 3.19. The number of piperidine rings is 3. The molecule has 2 aromatic rings. The van der Waals surface area contributed by atoms with Crippen molar-refractivity contribution >= 4 is 6.29 Å². The third-order valence-electron chi connectivity index (χ3n) is 5.61. The number of hydrogen-bond donors (Lipinski definition) is 0. The Morgan fingerprint density at radius 1 is 1.26 bits per heavy atom. The molecule has 1 spiro atoms. The largest absolute Gasteiger partial charge is 0.469 e. The standard InChI is InChI=1S/C18H18N2O3/c21-9-16-6-14(10-22-16)13-5-12-7-18(23-17(12)19-8-13)11-20-3-1-15(18)2-4-20/h5-6,8-10,15H,1-4,7,11H2/t18-/m0/s1. The van der Waals surface area contributed by atoms with Crippen molar-refractivity contribution in [2.24, 2.45) is 5.92 Å². The molecule has 1 atom stereocenters. The molecule has 2 aromatic heterocycles. The minimum absolute atomic E-state index is 0.0746. The SMILES string of the molecule is O=Cc1cc(-c2cnc3c(c2)C[C@@]2(CN4CCC2CC4)O3)co1. The van der Waals surface area contributed by atoms with Gasteiger partial charge in [-0.25, -0.2) is 4.98 Å². The molecule has 5 heteroatoms. The molecule has 6 heterocycles. The van der Waals surface area contributed by atoms with Crippen molar-refractivity contribution in [3.8, 4) is 17.0 Å². The van der Waals surface area contributed by atoms with Crippen LogP contribution in [0.15, 0.2) is 29.0 Å². The Kier molecular flexibility index (Phi) is 2.71. The fourth-order valence-electron chi connectivity index (χ4n) is 4.43. The molecule has 0 unspecified atom stereocenters. The van der Waals surface area contributed by atoms with E-state index in [1.165, 1.54) is 31.5 Å². The van der Waals surface area contributed by atoms with Crippen LogP contribution in [0.1, 0.15) is 29.0 Å². The summed E-state index contributed by atoms with van der Waals surface area (Å²) in [5.74, 6) is 1.76. The zero-order chi connectivity index (χ0) is 15.4. The van der Waals surface area contributed by atoms with Gasteiger partial charge in [-0.3, -0.25) is 9.69 Å². The van der Waals surface area contributed by atoms with E-state index in [0.29, 0.717) is 11.7 Å². The number of aromatic nitrogens is 1. The number of carbonyl (C=O) groups excluding carboxylic acids is 1. The van der Waals surface area contributed by atoms with Crippen LogP contribution < -0.4 is 4.74 Å². The van der Waals surface area contributed by atoms with Gasteiger partial charge in [0, 0.05) is 41.8 Å². The highest BCUT2D eigenvalue weighted by molar-refractivity contribution is 5.75. The summed E-state index contributed by atoms with van der Waals surface area (Å²) in [4.78, 5) is 17.8. The Labute approximate surface area is 134 Å². The molecule has 4 aliphatic rings. The summed E-state index contributed by atoms with van der Waals surface area (Å²) in [7, 11) is 0. The molecular weight excluding hydrogens is 292 g/mol. The van der Waals surface area contributed by atoms with Gasteiger partial charge in [0.05, 0.1) is 6.26 Å². The number of ether oxygens (including phenoxy) is 1. The van der Waals surface area contributed by atoms with Gasteiger partial charge >= 0.3 is 0 Å². The molecule has 0 radical (unpaired) electrons. The zero-order valence-electron chi connectivity index (χ0n) is 12.8. The average molecular weight is 310 g/mol. The van der Waals surface area contributed by atoms with Crippen molar-refractivity contribution in [1.82, 2.24) is 9.88 Å². The van der Waals surface area contributed by atoms with E-state index >= 15 is 0 Å². The highest BCUT2D eigenvalue weighted by atomic mass is 16.5. The molecule has 2 bridgehead atoms. The van der Waals surface area contributed by atoms with Crippen LogP contribution in [0.4, 0.5) is 0 Å². The van der Waals surface area contributed by atoms with E-state index in [9.17, 15) is 4.79 Å². The van der Waals surface area contributed by atoms with Crippen LogP contribution in [0.25, 0.3) is 11.1 Å². The molecule has 118 valence electrons. The zero-order valence-corrected chi connectivity index (χ0v) is 12.8. The molecule has 3 saturated heterocycles. The van der Waals surface area contributed by atoms with Crippen molar-refractivity contribution in [1.29, 1.82) is 0 Å². The number of furan rings is 1. The maximum atomic E-state index is 10.8. The predicted molar refractivity (Wildman–Crippen MR) is 83.6 cm³/mol. The molecule has 4 aliphatic heterocycles. The highest BCUT2D eigenvalue weighted by Crippen LogP contribution is 2.46. The van der Waals surface area contributed by atoms with Crippen LogP contribution >= 0.6 is 0 Å². The number of pyridine rings is 1. The first-order chi connectivity index (χ1) is 11.3. The van der Waals surface area contributed by atoms with Crippen molar-refractivity contribution in [3.05, 3.63) is 35.9 Å². The summed E-state index contributed by atoms with van der Waals surface area (Å²) in [5.41, 5.74) is 2.96. The van der Waals surface area contributed by atoms with Gasteiger partial charge in [0.2, 0.25) is 5.88 Å². The number of fused-ring (bicyclic) bond motifs is 3. The highest BCUT2D eigenvalue weighted by Gasteiger charge is 2.52. The topological polar surface area (TPSA) is 55.6 Å². The third-order valence-corrected chi connectivity index (χ3v) is 5.61. The van der Waals surface area contributed by atoms with Gasteiger partial charge in [0.15, 0.2) is 12.0 Å². The lowest BCUT2D eigenvalue weighted by Crippen LogP contribution is -2.61. The van der Waals surface area contributed by atoms with E-state index in [1.807, 2.05) is 0 Å². The molecule has 23 heavy (non-hydrogen) atoms. The minimum atomic E-state index is -0.0746. The summed E-state index contributed by atoms with van der Waals surface area (Å²) in [6, 6.07) is 3.88. The number of carbonyl (C=O) groups is 1. The van der Waals surface area contributed by atoms with E-state index in [1.54, 1.807) is 18.5 Å². The van der Waals surface area contributed by atoms with Crippen LogP contribution in [0.5, 0.6) is 5.88 Å². The first kappa shape index (κ1) is 13.3. The van der Waals surface area contributed by atoms with Crippen LogP contribution in [-0.2, 0) is 6.42 Å². The molecule has 3 fully saturated rings. The van der Waals surface area contributed by atoms with E-state index < -0.39 is 0 Å². The lowest BCUT2D eigenvalue weighted by Gasteiger charge is -2.50. The Morgan fingerprint density at radius 3 is 2.83 bits per heavy atom. The summed E-state index contributed by atoms with van der Waals surface area (Å²) < 4.78 is 11.6. The van der Waals surface area contributed by atoms with Gasteiger partial charge < -0.3 is 9.15 Å². The molecule has 0 aromatic carbocycles. The number of aldehydes is 1. The van der Waals surface area contributed by atoms with E-state index in [2.05, 4.69) is 16.0 Å². The van der Waals surface area contributed by atoms with Crippen molar-refractivity contribution in [2.45, 2.75) is 24.9 Å². The number of nitrogens with zero attached hydrogens (tertiary/aromatic N) is 2. The second-order valence-corrected chi connectivity index (χ2v) is 6.94. The maximum absolute atomic E-state index is 10.8.